The first-order valence-corrected chi connectivity index (χ1v) is 3.91. The van der Waals surface area contributed by atoms with E-state index in [1.54, 1.807) is 0 Å². The zero-order valence-electron chi connectivity index (χ0n) is 6.42. The number of rotatable bonds is 2. The fraction of sp³-hybridized carbons (Fsp3) is 0.857. The van der Waals surface area contributed by atoms with Crippen LogP contribution in [0.4, 0.5) is 0 Å². The molecule has 1 unspecified atom stereocenters. The van der Waals surface area contributed by atoms with Gasteiger partial charge in [0.15, 0.2) is 0 Å². The zero-order chi connectivity index (χ0) is 8.27. The summed E-state index contributed by atoms with van der Waals surface area (Å²) in [4.78, 5) is 10.4. The third kappa shape index (κ3) is 2.17. The van der Waals surface area contributed by atoms with Crippen LogP contribution < -0.4 is 11.1 Å². The zero-order valence-corrected chi connectivity index (χ0v) is 6.42. The van der Waals surface area contributed by atoms with Crippen molar-refractivity contribution in [2.45, 2.75) is 18.9 Å². The highest BCUT2D eigenvalue weighted by atomic mass is 16.4. The number of carbonyl (C=O) groups is 1. The van der Waals surface area contributed by atoms with E-state index in [0.29, 0.717) is 0 Å². The van der Waals surface area contributed by atoms with Gasteiger partial charge in [-0.05, 0) is 25.3 Å². The number of carboxylic acid groups (broad SMARTS) is 1. The molecule has 0 radical (unpaired) electrons. The highest BCUT2D eigenvalue weighted by molar-refractivity contribution is 5.73. The van der Waals surface area contributed by atoms with E-state index < -0.39 is 12.0 Å². The number of nitrogens with two attached hydrogens (primary N) is 1. The van der Waals surface area contributed by atoms with E-state index in [1.807, 2.05) is 0 Å². The molecule has 64 valence electrons. The lowest BCUT2D eigenvalue weighted by Crippen LogP contribution is -2.45. The van der Waals surface area contributed by atoms with Gasteiger partial charge in [-0.2, -0.15) is 0 Å². The Labute approximate surface area is 65.8 Å². The van der Waals surface area contributed by atoms with Crippen molar-refractivity contribution < 1.29 is 9.90 Å². The van der Waals surface area contributed by atoms with Crippen LogP contribution in [0.2, 0.25) is 0 Å². The Hall–Kier alpha value is -0.610. The molecule has 11 heavy (non-hydrogen) atoms. The Balaban J connectivity index is 2.38. The van der Waals surface area contributed by atoms with Crippen molar-refractivity contribution >= 4 is 5.97 Å². The van der Waals surface area contributed by atoms with Gasteiger partial charge >= 0.3 is 5.97 Å². The van der Waals surface area contributed by atoms with Gasteiger partial charge in [0, 0.05) is 6.54 Å². The predicted octanol–water partition coefficient (Wildman–Crippen LogP) is -0.602. The Bertz CT molecular complexity index is 143. The van der Waals surface area contributed by atoms with Crippen LogP contribution in [0.3, 0.4) is 0 Å². The first-order chi connectivity index (χ1) is 5.22. The summed E-state index contributed by atoms with van der Waals surface area (Å²) in [6, 6.07) is -0.692. The molecule has 4 heteroatoms. The standard InChI is InChI=1S/C7H14N2O2/c8-6(7(10)11)5-2-1-3-9-4-5/h5-6,9H,1-4,8H2,(H,10,11)/t5?,6-/m1/s1. The van der Waals surface area contributed by atoms with Gasteiger partial charge < -0.3 is 16.2 Å². The highest BCUT2D eigenvalue weighted by Gasteiger charge is 2.25. The summed E-state index contributed by atoms with van der Waals surface area (Å²) in [7, 11) is 0. The minimum Gasteiger partial charge on any atom is -0.480 e. The Morgan fingerprint density at radius 3 is 2.91 bits per heavy atom. The molecule has 0 amide bonds. The minimum absolute atomic E-state index is 0.112. The van der Waals surface area contributed by atoms with Crippen molar-refractivity contribution in [1.29, 1.82) is 0 Å². The van der Waals surface area contributed by atoms with Crippen LogP contribution >= 0.6 is 0 Å². The lowest BCUT2D eigenvalue weighted by atomic mass is 9.92. The summed E-state index contributed by atoms with van der Waals surface area (Å²) < 4.78 is 0. The number of carboxylic acids is 1. The van der Waals surface area contributed by atoms with Crippen molar-refractivity contribution in [3.05, 3.63) is 0 Å². The van der Waals surface area contributed by atoms with Gasteiger partial charge in [0.1, 0.15) is 6.04 Å². The molecule has 2 atom stereocenters. The Morgan fingerprint density at radius 2 is 2.45 bits per heavy atom. The van der Waals surface area contributed by atoms with Gasteiger partial charge in [-0.3, -0.25) is 4.79 Å². The van der Waals surface area contributed by atoms with Crippen molar-refractivity contribution in [3.8, 4) is 0 Å². The molecular formula is C7H14N2O2. The fourth-order valence-corrected chi connectivity index (χ4v) is 1.39. The van der Waals surface area contributed by atoms with E-state index in [0.717, 1.165) is 25.9 Å². The van der Waals surface area contributed by atoms with E-state index in [9.17, 15) is 4.79 Å². The molecular weight excluding hydrogens is 144 g/mol. The lowest BCUT2D eigenvalue weighted by Gasteiger charge is -2.25. The van der Waals surface area contributed by atoms with Crippen LogP contribution in [-0.4, -0.2) is 30.2 Å². The topological polar surface area (TPSA) is 75.4 Å². The first-order valence-electron chi connectivity index (χ1n) is 3.91. The molecule has 1 aliphatic heterocycles. The van der Waals surface area contributed by atoms with E-state index in [1.165, 1.54) is 0 Å². The molecule has 0 saturated carbocycles. The Kier molecular flexibility index (Phi) is 2.84. The summed E-state index contributed by atoms with van der Waals surface area (Å²) in [5.41, 5.74) is 5.45. The number of nitrogens with one attached hydrogen (secondary N) is 1. The van der Waals surface area contributed by atoms with Crippen LogP contribution in [0.5, 0.6) is 0 Å². The van der Waals surface area contributed by atoms with Crippen LogP contribution in [0.15, 0.2) is 0 Å². The van der Waals surface area contributed by atoms with E-state index >= 15 is 0 Å². The molecule has 0 bridgehead atoms. The third-order valence-corrected chi connectivity index (χ3v) is 2.13. The smallest absolute Gasteiger partial charge is 0.320 e. The highest BCUT2D eigenvalue weighted by Crippen LogP contribution is 2.12. The lowest BCUT2D eigenvalue weighted by molar-refractivity contribution is -0.140. The van der Waals surface area contributed by atoms with Crippen LogP contribution in [0.25, 0.3) is 0 Å². The van der Waals surface area contributed by atoms with E-state index in [4.69, 9.17) is 10.8 Å². The van der Waals surface area contributed by atoms with Gasteiger partial charge in [0.05, 0.1) is 0 Å². The molecule has 1 aliphatic rings. The molecule has 1 saturated heterocycles. The van der Waals surface area contributed by atoms with Gasteiger partial charge in [-0.15, -0.1) is 0 Å². The van der Waals surface area contributed by atoms with E-state index in [-0.39, 0.29) is 5.92 Å². The Morgan fingerprint density at radius 1 is 1.73 bits per heavy atom. The molecule has 0 aromatic carbocycles. The maximum atomic E-state index is 10.4. The first kappa shape index (κ1) is 8.49. The van der Waals surface area contributed by atoms with Crippen LogP contribution in [0.1, 0.15) is 12.8 Å². The predicted molar refractivity (Wildman–Crippen MR) is 41.2 cm³/mol. The second-order valence-corrected chi connectivity index (χ2v) is 2.97. The molecule has 0 aromatic heterocycles. The van der Waals surface area contributed by atoms with Gasteiger partial charge in [0.25, 0.3) is 0 Å². The van der Waals surface area contributed by atoms with Crippen molar-refractivity contribution in [1.82, 2.24) is 5.32 Å². The molecule has 0 spiro atoms. The monoisotopic (exact) mass is 158 g/mol. The molecule has 0 aliphatic carbocycles. The quantitative estimate of drug-likeness (QED) is 0.501. The summed E-state index contributed by atoms with van der Waals surface area (Å²) in [6.07, 6.45) is 1.96. The van der Waals surface area contributed by atoms with Gasteiger partial charge in [-0.1, -0.05) is 0 Å². The van der Waals surface area contributed by atoms with Crippen molar-refractivity contribution in [3.63, 3.8) is 0 Å². The average molecular weight is 158 g/mol. The molecule has 4 N–H and O–H groups in total. The van der Waals surface area contributed by atoms with Crippen LogP contribution in [-0.2, 0) is 4.79 Å². The maximum absolute atomic E-state index is 10.4. The summed E-state index contributed by atoms with van der Waals surface area (Å²) >= 11 is 0. The number of hydrogen-bond donors (Lipinski definition) is 3. The SMILES string of the molecule is N[C@@H](C(=O)O)C1CCCNC1. The van der Waals surface area contributed by atoms with Gasteiger partial charge in [0.2, 0.25) is 0 Å². The number of hydrogen-bond acceptors (Lipinski definition) is 3. The third-order valence-electron chi connectivity index (χ3n) is 2.13. The second kappa shape index (κ2) is 3.69. The van der Waals surface area contributed by atoms with Gasteiger partial charge in [-0.25, -0.2) is 0 Å². The van der Waals surface area contributed by atoms with Crippen molar-refractivity contribution in [2.75, 3.05) is 13.1 Å². The maximum Gasteiger partial charge on any atom is 0.320 e. The van der Waals surface area contributed by atoms with E-state index in [2.05, 4.69) is 5.32 Å². The molecule has 1 rings (SSSR count). The second-order valence-electron chi connectivity index (χ2n) is 2.97. The molecule has 0 aromatic rings. The molecule has 4 nitrogen and oxygen atoms in total. The number of piperidine rings is 1. The largest absolute Gasteiger partial charge is 0.480 e. The average Bonchev–Trinajstić information content (AvgIpc) is 2.05. The minimum atomic E-state index is -0.890. The number of aliphatic carboxylic acids is 1. The molecule has 1 heterocycles. The summed E-state index contributed by atoms with van der Waals surface area (Å²) in [5.74, 6) is -0.778. The molecule has 1 fully saturated rings. The summed E-state index contributed by atoms with van der Waals surface area (Å²) in [5, 5.41) is 11.7. The normalized spacial score (nSPS) is 27.9. The fourth-order valence-electron chi connectivity index (χ4n) is 1.39. The van der Waals surface area contributed by atoms with Crippen LogP contribution in [0, 0.1) is 5.92 Å². The van der Waals surface area contributed by atoms with Crippen molar-refractivity contribution in [2.24, 2.45) is 11.7 Å². The summed E-state index contributed by atoms with van der Waals surface area (Å²) in [6.45, 7) is 1.73.